The lowest BCUT2D eigenvalue weighted by atomic mass is 10.3. The van der Waals surface area contributed by atoms with Crippen molar-refractivity contribution in [1.29, 1.82) is 0 Å². The molecule has 0 bridgehead atoms. The zero-order valence-electron chi connectivity index (χ0n) is 15.6. The van der Waals surface area contributed by atoms with E-state index in [1.807, 2.05) is 5.38 Å². The van der Waals surface area contributed by atoms with E-state index in [2.05, 4.69) is 15.6 Å². The summed E-state index contributed by atoms with van der Waals surface area (Å²) < 4.78 is 18.3. The number of amides is 2. The summed E-state index contributed by atoms with van der Waals surface area (Å²) in [5.41, 5.74) is 1.30. The van der Waals surface area contributed by atoms with Gasteiger partial charge in [-0.15, -0.1) is 23.1 Å². The molecule has 2 amide bonds. The Hall–Kier alpha value is -2.62. The minimum atomic E-state index is -0.356. The maximum Gasteiger partial charge on any atom is 0.264 e. The zero-order valence-corrected chi connectivity index (χ0v) is 18.0. The van der Waals surface area contributed by atoms with Crippen molar-refractivity contribution in [3.8, 4) is 5.75 Å². The van der Waals surface area contributed by atoms with Crippen molar-refractivity contribution in [3.63, 3.8) is 0 Å². The number of nitrogens with zero attached hydrogens (tertiary/aromatic N) is 1. The fourth-order valence-electron chi connectivity index (χ4n) is 2.24. The van der Waals surface area contributed by atoms with Crippen molar-refractivity contribution in [3.05, 3.63) is 70.4 Å². The molecule has 10 heteroatoms. The van der Waals surface area contributed by atoms with Gasteiger partial charge in [-0.1, -0.05) is 11.6 Å². The van der Waals surface area contributed by atoms with Gasteiger partial charge in [0.25, 0.3) is 5.91 Å². The van der Waals surface area contributed by atoms with Crippen LogP contribution in [0.3, 0.4) is 0 Å². The highest BCUT2D eigenvalue weighted by Gasteiger charge is 2.09. The van der Waals surface area contributed by atoms with Gasteiger partial charge in [0.2, 0.25) is 5.91 Å². The van der Waals surface area contributed by atoms with Crippen molar-refractivity contribution < 1.29 is 18.7 Å². The maximum absolute atomic E-state index is 12.9. The SMILES string of the molecule is O=C(CSCc1csc(NC(=O)COc2ccc(Cl)cc2)n1)Nc1ccc(F)cc1. The molecule has 1 heterocycles. The quantitative estimate of drug-likeness (QED) is 0.473. The van der Waals surface area contributed by atoms with Crippen LogP contribution in [0.25, 0.3) is 0 Å². The summed E-state index contributed by atoms with van der Waals surface area (Å²) in [4.78, 5) is 28.2. The molecule has 0 saturated carbocycles. The molecule has 0 atom stereocenters. The van der Waals surface area contributed by atoms with Crippen LogP contribution in [0, 0.1) is 5.82 Å². The van der Waals surface area contributed by atoms with Crippen LogP contribution in [-0.2, 0) is 15.3 Å². The molecule has 0 unspecified atom stereocenters. The van der Waals surface area contributed by atoms with Gasteiger partial charge < -0.3 is 10.1 Å². The lowest BCUT2D eigenvalue weighted by molar-refractivity contribution is -0.118. The van der Waals surface area contributed by atoms with Gasteiger partial charge in [-0.05, 0) is 48.5 Å². The highest BCUT2D eigenvalue weighted by molar-refractivity contribution is 7.99. The van der Waals surface area contributed by atoms with E-state index in [-0.39, 0.29) is 30.0 Å². The molecule has 3 aromatic rings. The summed E-state index contributed by atoms with van der Waals surface area (Å²) in [5, 5.41) is 8.25. The number of anilines is 2. The molecular formula is C20H17ClFN3O3S2. The summed E-state index contributed by atoms with van der Waals surface area (Å²) in [7, 11) is 0. The number of hydrogen-bond donors (Lipinski definition) is 2. The zero-order chi connectivity index (χ0) is 21.3. The molecule has 0 fully saturated rings. The molecule has 0 aliphatic carbocycles. The van der Waals surface area contributed by atoms with Gasteiger partial charge in [0.15, 0.2) is 11.7 Å². The number of ether oxygens (including phenoxy) is 1. The molecule has 156 valence electrons. The second kappa shape index (κ2) is 11.0. The standard InChI is InChI=1S/C20H17ClFN3O3S2/c21-13-1-7-17(8-2-13)28-9-18(26)25-20-24-16(11-30-20)10-29-12-19(27)23-15-5-3-14(22)4-6-15/h1-8,11H,9-10,12H2,(H,23,27)(H,24,25,26). The van der Waals surface area contributed by atoms with Crippen LogP contribution in [0.4, 0.5) is 15.2 Å². The molecule has 0 radical (unpaired) electrons. The van der Waals surface area contributed by atoms with E-state index in [0.717, 1.165) is 5.69 Å². The van der Waals surface area contributed by atoms with Crippen LogP contribution in [0.1, 0.15) is 5.69 Å². The number of aromatic nitrogens is 1. The van der Waals surface area contributed by atoms with Crippen molar-refractivity contribution in [2.45, 2.75) is 5.75 Å². The number of thiazole rings is 1. The van der Waals surface area contributed by atoms with E-state index in [0.29, 0.717) is 27.3 Å². The third-order valence-electron chi connectivity index (χ3n) is 3.59. The van der Waals surface area contributed by atoms with Gasteiger partial charge in [0.1, 0.15) is 11.6 Å². The second-order valence-electron chi connectivity index (χ2n) is 5.98. The number of hydrogen-bond acceptors (Lipinski definition) is 6. The monoisotopic (exact) mass is 465 g/mol. The van der Waals surface area contributed by atoms with Gasteiger partial charge in [-0.3, -0.25) is 14.9 Å². The van der Waals surface area contributed by atoms with Crippen molar-refractivity contribution in [2.24, 2.45) is 0 Å². The Kier molecular flexibility index (Phi) is 8.06. The van der Waals surface area contributed by atoms with Crippen LogP contribution in [-0.4, -0.2) is 29.2 Å². The second-order valence-corrected chi connectivity index (χ2v) is 8.26. The third-order valence-corrected chi connectivity index (χ3v) is 5.62. The number of thioether (sulfide) groups is 1. The lowest BCUT2D eigenvalue weighted by Crippen LogP contribution is -2.20. The Labute approximate surface area is 185 Å². The average molecular weight is 466 g/mol. The Morgan fingerprint density at radius 1 is 1.07 bits per heavy atom. The molecule has 0 aliphatic heterocycles. The first-order valence-electron chi connectivity index (χ1n) is 8.74. The Bertz CT molecular complexity index is 997. The predicted molar refractivity (Wildman–Crippen MR) is 119 cm³/mol. The first-order chi connectivity index (χ1) is 14.5. The van der Waals surface area contributed by atoms with Gasteiger partial charge >= 0.3 is 0 Å². The first kappa shape index (κ1) is 22.1. The highest BCUT2D eigenvalue weighted by Crippen LogP contribution is 2.20. The van der Waals surface area contributed by atoms with E-state index < -0.39 is 0 Å². The number of carbonyl (C=O) groups excluding carboxylic acids is 2. The van der Waals surface area contributed by atoms with Crippen LogP contribution in [0.15, 0.2) is 53.9 Å². The van der Waals surface area contributed by atoms with E-state index >= 15 is 0 Å². The molecule has 30 heavy (non-hydrogen) atoms. The summed E-state index contributed by atoms with van der Waals surface area (Å²) in [6.45, 7) is -0.144. The summed E-state index contributed by atoms with van der Waals surface area (Å²) in [5.74, 6) is 0.428. The molecule has 0 saturated heterocycles. The smallest absolute Gasteiger partial charge is 0.264 e. The Balaban J connectivity index is 1.37. The maximum atomic E-state index is 12.9. The van der Waals surface area contributed by atoms with Crippen LogP contribution >= 0.6 is 34.7 Å². The highest BCUT2D eigenvalue weighted by atomic mass is 35.5. The molecule has 2 N–H and O–H groups in total. The van der Waals surface area contributed by atoms with Crippen LogP contribution in [0.2, 0.25) is 5.02 Å². The van der Waals surface area contributed by atoms with Crippen molar-refractivity contribution >= 4 is 57.3 Å². The molecule has 6 nitrogen and oxygen atoms in total. The number of halogens is 2. The number of carbonyl (C=O) groups is 2. The lowest BCUT2D eigenvalue weighted by Gasteiger charge is -2.05. The fourth-order valence-corrected chi connectivity index (χ4v) is 3.92. The number of nitrogens with one attached hydrogen (secondary N) is 2. The largest absolute Gasteiger partial charge is 0.484 e. The first-order valence-corrected chi connectivity index (χ1v) is 11.1. The van der Waals surface area contributed by atoms with Gasteiger partial charge in [0.05, 0.1) is 11.4 Å². The minimum absolute atomic E-state index is 0.144. The van der Waals surface area contributed by atoms with E-state index in [9.17, 15) is 14.0 Å². The number of rotatable bonds is 9. The molecular weight excluding hydrogens is 449 g/mol. The van der Waals surface area contributed by atoms with Gasteiger partial charge in [-0.25, -0.2) is 9.37 Å². The topological polar surface area (TPSA) is 80.3 Å². The summed E-state index contributed by atoms with van der Waals surface area (Å²) in [6, 6.07) is 12.3. The van der Waals surface area contributed by atoms with Crippen LogP contribution in [0.5, 0.6) is 5.75 Å². The van der Waals surface area contributed by atoms with Crippen LogP contribution < -0.4 is 15.4 Å². The Morgan fingerprint density at radius 3 is 2.53 bits per heavy atom. The number of benzene rings is 2. The summed E-state index contributed by atoms with van der Waals surface area (Å²) in [6.07, 6.45) is 0. The average Bonchev–Trinajstić information content (AvgIpc) is 3.16. The van der Waals surface area contributed by atoms with Crippen molar-refractivity contribution in [1.82, 2.24) is 4.98 Å². The molecule has 2 aromatic carbocycles. The summed E-state index contributed by atoms with van der Waals surface area (Å²) >= 11 is 8.49. The van der Waals surface area contributed by atoms with E-state index in [1.54, 1.807) is 24.3 Å². The predicted octanol–water partition coefficient (Wildman–Crippen LogP) is 4.83. The molecule has 3 rings (SSSR count). The molecule has 1 aromatic heterocycles. The van der Waals surface area contributed by atoms with Gasteiger partial charge in [-0.2, -0.15) is 0 Å². The minimum Gasteiger partial charge on any atom is -0.484 e. The van der Waals surface area contributed by atoms with Gasteiger partial charge in [0, 0.05) is 21.8 Å². The van der Waals surface area contributed by atoms with E-state index in [4.69, 9.17) is 16.3 Å². The van der Waals surface area contributed by atoms with Crippen molar-refractivity contribution in [2.75, 3.05) is 23.0 Å². The molecule has 0 aliphatic rings. The third kappa shape index (κ3) is 7.33. The molecule has 0 spiro atoms. The van der Waals surface area contributed by atoms with E-state index in [1.165, 1.54) is 47.4 Å². The normalized spacial score (nSPS) is 10.5. The Morgan fingerprint density at radius 2 is 1.80 bits per heavy atom. The fraction of sp³-hybridized carbons (Fsp3) is 0.150.